The molecule has 1 aromatic rings. The van der Waals surface area contributed by atoms with Gasteiger partial charge in [-0.25, -0.2) is 0 Å². The average molecular weight is 221 g/mol. The van der Waals surface area contributed by atoms with Gasteiger partial charge in [0.25, 0.3) is 0 Å². The van der Waals surface area contributed by atoms with Crippen LogP contribution < -0.4 is 10.6 Å². The second-order valence-electron chi connectivity index (χ2n) is 4.29. The zero-order valence-corrected chi connectivity index (χ0v) is 9.47. The topological polar surface area (TPSA) is 62.4 Å². The van der Waals surface area contributed by atoms with Gasteiger partial charge >= 0.3 is 0 Å². The Labute approximate surface area is 96.1 Å². The number of nitrogens with two attached hydrogens (primary N) is 1. The van der Waals surface area contributed by atoms with Crippen molar-refractivity contribution in [3.05, 3.63) is 18.5 Å². The molecule has 0 radical (unpaired) electrons. The molecule has 0 aliphatic carbocycles. The molecule has 1 atom stereocenters. The first-order valence-electron chi connectivity index (χ1n) is 5.90. The van der Waals surface area contributed by atoms with Gasteiger partial charge in [0.15, 0.2) is 0 Å². The summed E-state index contributed by atoms with van der Waals surface area (Å²) in [6.07, 6.45) is 7.80. The molecule has 0 bridgehead atoms. The molecular weight excluding hydrogens is 202 g/mol. The van der Waals surface area contributed by atoms with Gasteiger partial charge in [-0.1, -0.05) is 0 Å². The van der Waals surface area contributed by atoms with Crippen LogP contribution >= 0.6 is 0 Å². The maximum Gasteiger partial charge on any atom is 0.0738 e. The molecule has 1 saturated heterocycles. The SMILES string of the molecule is Nc1cnccc1N1CCCC1CCCO. The van der Waals surface area contributed by atoms with Crippen molar-refractivity contribution >= 4 is 11.4 Å². The van der Waals surface area contributed by atoms with Crippen LogP contribution in [0, 0.1) is 0 Å². The Morgan fingerprint density at radius 1 is 1.56 bits per heavy atom. The Morgan fingerprint density at radius 2 is 2.44 bits per heavy atom. The molecule has 88 valence electrons. The molecule has 16 heavy (non-hydrogen) atoms. The van der Waals surface area contributed by atoms with E-state index in [4.69, 9.17) is 10.8 Å². The van der Waals surface area contributed by atoms with E-state index in [1.807, 2.05) is 6.07 Å². The molecule has 0 saturated carbocycles. The summed E-state index contributed by atoms with van der Waals surface area (Å²) in [5.74, 6) is 0. The molecule has 1 aliphatic heterocycles. The summed E-state index contributed by atoms with van der Waals surface area (Å²) in [4.78, 5) is 6.37. The highest BCUT2D eigenvalue weighted by atomic mass is 16.2. The Hall–Kier alpha value is -1.29. The van der Waals surface area contributed by atoms with E-state index in [9.17, 15) is 0 Å². The summed E-state index contributed by atoms with van der Waals surface area (Å²) in [7, 11) is 0. The molecule has 2 heterocycles. The van der Waals surface area contributed by atoms with Crippen molar-refractivity contribution in [2.75, 3.05) is 23.8 Å². The first-order valence-corrected chi connectivity index (χ1v) is 5.90. The maximum atomic E-state index is 8.88. The molecule has 0 spiro atoms. The lowest BCUT2D eigenvalue weighted by Crippen LogP contribution is -2.30. The first-order chi connectivity index (χ1) is 7.83. The lowest BCUT2D eigenvalue weighted by Gasteiger charge is -2.27. The van der Waals surface area contributed by atoms with E-state index in [1.54, 1.807) is 12.4 Å². The minimum Gasteiger partial charge on any atom is -0.396 e. The monoisotopic (exact) mass is 221 g/mol. The number of aliphatic hydroxyl groups is 1. The fourth-order valence-corrected chi connectivity index (χ4v) is 2.44. The second-order valence-corrected chi connectivity index (χ2v) is 4.29. The average Bonchev–Trinajstić information content (AvgIpc) is 2.75. The second kappa shape index (κ2) is 5.16. The highest BCUT2D eigenvalue weighted by Gasteiger charge is 2.25. The number of aromatic nitrogens is 1. The number of pyridine rings is 1. The smallest absolute Gasteiger partial charge is 0.0738 e. The van der Waals surface area contributed by atoms with Crippen LogP contribution in [0.25, 0.3) is 0 Å². The number of nitrogens with zero attached hydrogens (tertiary/aromatic N) is 2. The normalized spacial score (nSPS) is 20.3. The van der Waals surface area contributed by atoms with E-state index in [0.29, 0.717) is 6.04 Å². The van der Waals surface area contributed by atoms with Gasteiger partial charge in [-0.15, -0.1) is 0 Å². The summed E-state index contributed by atoms with van der Waals surface area (Å²) in [5.41, 5.74) is 7.78. The fourth-order valence-electron chi connectivity index (χ4n) is 2.44. The van der Waals surface area contributed by atoms with E-state index in [-0.39, 0.29) is 6.61 Å². The molecule has 1 aromatic heterocycles. The Kier molecular flexibility index (Phi) is 3.62. The van der Waals surface area contributed by atoms with Crippen LogP contribution in [0.3, 0.4) is 0 Å². The highest BCUT2D eigenvalue weighted by molar-refractivity contribution is 5.66. The number of nitrogen functional groups attached to an aromatic ring is 1. The van der Waals surface area contributed by atoms with Gasteiger partial charge < -0.3 is 15.7 Å². The third-order valence-corrected chi connectivity index (χ3v) is 3.21. The van der Waals surface area contributed by atoms with Crippen molar-refractivity contribution in [2.24, 2.45) is 0 Å². The lowest BCUT2D eigenvalue weighted by atomic mass is 10.1. The minimum atomic E-state index is 0.274. The maximum absolute atomic E-state index is 8.88. The number of hydrogen-bond acceptors (Lipinski definition) is 4. The van der Waals surface area contributed by atoms with E-state index < -0.39 is 0 Å². The van der Waals surface area contributed by atoms with Gasteiger partial charge in [0, 0.05) is 25.4 Å². The molecule has 4 nitrogen and oxygen atoms in total. The molecule has 1 unspecified atom stereocenters. The molecule has 1 aliphatic rings. The predicted octanol–water partition coefficient (Wildman–Crippen LogP) is 1.41. The summed E-state index contributed by atoms with van der Waals surface area (Å²) < 4.78 is 0. The summed E-state index contributed by atoms with van der Waals surface area (Å²) in [6, 6.07) is 2.50. The molecular formula is C12H19N3O. The molecule has 3 N–H and O–H groups in total. The zero-order chi connectivity index (χ0) is 11.4. The van der Waals surface area contributed by atoms with Crippen LogP contribution in [0.5, 0.6) is 0 Å². The first kappa shape index (κ1) is 11.2. The molecule has 1 fully saturated rings. The van der Waals surface area contributed by atoms with Crippen molar-refractivity contribution in [2.45, 2.75) is 31.7 Å². The van der Waals surface area contributed by atoms with Crippen molar-refractivity contribution in [3.8, 4) is 0 Å². The third-order valence-electron chi connectivity index (χ3n) is 3.21. The third kappa shape index (κ3) is 2.27. The lowest BCUT2D eigenvalue weighted by molar-refractivity contribution is 0.279. The molecule has 0 aromatic carbocycles. The number of hydrogen-bond donors (Lipinski definition) is 2. The van der Waals surface area contributed by atoms with Crippen LogP contribution in [-0.2, 0) is 0 Å². The van der Waals surface area contributed by atoms with Gasteiger partial charge in [-0.05, 0) is 31.7 Å². The van der Waals surface area contributed by atoms with Gasteiger partial charge in [0.05, 0.1) is 17.6 Å². The van der Waals surface area contributed by atoms with E-state index in [2.05, 4.69) is 9.88 Å². The molecule has 4 heteroatoms. The number of anilines is 2. The highest BCUT2D eigenvalue weighted by Crippen LogP contribution is 2.31. The number of rotatable bonds is 4. The zero-order valence-electron chi connectivity index (χ0n) is 9.47. The minimum absolute atomic E-state index is 0.274. The van der Waals surface area contributed by atoms with Gasteiger partial charge in [-0.2, -0.15) is 0 Å². The molecule has 2 rings (SSSR count). The quantitative estimate of drug-likeness (QED) is 0.807. The van der Waals surface area contributed by atoms with E-state index in [1.165, 1.54) is 12.8 Å². The van der Waals surface area contributed by atoms with Gasteiger partial charge in [0.1, 0.15) is 0 Å². The standard InChI is InChI=1S/C12H19N3O/c13-11-9-14-6-5-12(11)15-7-1-3-10(15)4-2-8-16/h5-6,9-10,16H,1-4,7-8,13H2. The van der Waals surface area contributed by atoms with Gasteiger partial charge in [-0.3, -0.25) is 4.98 Å². The van der Waals surface area contributed by atoms with E-state index >= 15 is 0 Å². The van der Waals surface area contributed by atoms with Crippen molar-refractivity contribution in [1.29, 1.82) is 0 Å². The van der Waals surface area contributed by atoms with Crippen molar-refractivity contribution in [3.63, 3.8) is 0 Å². The summed E-state index contributed by atoms with van der Waals surface area (Å²) in [5, 5.41) is 8.88. The van der Waals surface area contributed by atoms with Crippen molar-refractivity contribution in [1.82, 2.24) is 4.98 Å². The largest absolute Gasteiger partial charge is 0.396 e. The predicted molar refractivity (Wildman–Crippen MR) is 65.3 cm³/mol. The number of aliphatic hydroxyl groups excluding tert-OH is 1. The van der Waals surface area contributed by atoms with Gasteiger partial charge in [0.2, 0.25) is 0 Å². The van der Waals surface area contributed by atoms with Crippen LogP contribution in [0.4, 0.5) is 11.4 Å². The van der Waals surface area contributed by atoms with Crippen LogP contribution in [0.2, 0.25) is 0 Å². The van der Waals surface area contributed by atoms with Crippen LogP contribution in [0.1, 0.15) is 25.7 Å². The Bertz CT molecular complexity index is 343. The Morgan fingerprint density at radius 3 is 3.19 bits per heavy atom. The van der Waals surface area contributed by atoms with Crippen molar-refractivity contribution < 1.29 is 5.11 Å². The Balaban J connectivity index is 2.10. The summed E-state index contributed by atoms with van der Waals surface area (Å²) in [6.45, 7) is 1.33. The summed E-state index contributed by atoms with van der Waals surface area (Å²) >= 11 is 0. The van der Waals surface area contributed by atoms with Crippen LogP contribution in [0.15, 0.2) is 18.5 Å². The molecule has 0 amide bonds. The van der Waals surface area contributed by atoms with Crippen LogP contribution in [-0.4, -0.2) is 29.3 Å². The van der Waals surface area contributed by atoms with E-state index in [0.717, 1.165) is 30.8 Å². The fraction of sp³-hybridized carbons (Fsp3) is 0.583.